The lowest BCUT2D eigenvalue weighted by atomic mass is 9.84. The van der Waals surface area contributed by atoms with E-state index in [-0.39, 0.29) is 0 Å². The highest BCUT2D eigenvalue weighted by molar-refractivity contribution is 6.26. The fourth-order valence-electron chi connectivity index (χ4n) is 21.7. The molecule has 0 aliphatic heterocycles. The summed E-state index contributed by atoms with van der Waals surface area (Å²) in [5.74, 6) is 0.930. The van der Waals surface area contributed by atoms with E-state index in [2.05, 4.69) is 494 Å². The van der Waals surface area contributed by atoms with Gasteiger partial charge in [0.1, 0.15) is 5.82 Å². The summed E-state index contributed by atoms with van der Waals surface area (Å²) in [6, 6.07) is 184. The van der Waals surface area contributed by atoms with Crippen molar-refractivity contribution in [3.8, 4) is 129 Å². The highest BCUT2D eigenvalue weighted by Gasteiger charge is 2.25. The predicted molar refractivity (Wildman–Crippen MR) is 597 cm³/mol. The molecule has 0 aliphatic carbocycles. The minimum atomic E-state index is 0.930. The van der Waals surface area contributed by atoms with E-state index < -0.39 is 0 Å². The molecule has 0 atom stereocenters. The molecule has 656 valence electrons. The second kappa shape index (κ2) is 35.5. The Morgan fingerprint density at radius 1 is 0.156 bits per heavy atom. The molecule has 0 spiro atoms. The number of hydrogen-bond donors (Lipinski definition) is 0. The standard InChI is InChI=1S/C47H30N2.C46H30N2.C43H27N/c1-2-16-38(17-3-1)49-44-21-11-10-20-43(44)48-47(49)37-26-27-41-42(30-37)46(36-25-23-32-13-5-7-15-34(32)29-36)40-19-9-8-18-39(40)45(41)35-24-22-31-12-4-6-14-33(31)28-35;1-2-12-37-31(10-1)11-9-15-38(37)36-26-27-41-42(30-36)46(35-24-20-33(21-25-35)44-17-6-8-29-48-44)40-14-4-3-13-39(40)45(41)34-22-18-32(19-23-34)43-16-5-7-28-47-43;1-3-11-30-23-34(19-17-28(30)9-1)42-37-14-6-7-15-38(37)43(35-20-18-29-10-2-4-12-31(29)24-35)40-26-32(21-22-39(40)42)36-25-33-13-5-8-16-41(33)44-27-36/h1-30H;1-30H;1-27H. The lowest BCUT2D eigenvalue weighted by Gasteiger charge is -2.19. The molecule has 28 aromatic rings. The zero-order chi connectivity index (χ0) is 93.2. The lowest BCUT2D eigenvalue weighted by molar-refractivity contribution is 1.10. The van der Waals surface area contributed by atoms with Crippen molar-refractivity contribution in [1.82, 2.24) is 24.5 Å². The number of benzene rings is 24. The van der Waals surface area contributed by atoms with Gasteiger partial charge in [-0.15, -0.1) is 0 Å². The van der Waals surface area contributed by atoms with Gasteiger partial charge in [-0.25, -0.2) is 4.98 Å². The summed E-state index contributed by atoms with van der Waals surface area (Å²) in [5.41, 5.74) is 28.9. The predicted octanol–water partition coefficient (Wildman–Crippen LogP) is 36.8. The normalized spacial score (nSPS) is 11.5. The van der Waals surface area contributed by atoms with Crippen LogP contribution in [-0.4, -0.2) is 24.5 Å². The van der Waals surface area contributed by atoms with Gasteiger partial charge in [-0.2, -0.15) is 0 Å². The molecule has 0 radical (unpaired) electrons. The average Bonchev–Trinajstić information content (AvgIpc) is 1.27. The molecular weight excluding hydrogens is 1700 g/mol. The Morgan fingerprint density at radius 2 is 0.468 bits per heavy atom. The fraction of sp³-hybridized carbons (Fsp3) is 0. The van der Waals surface area contributed by atoms with Crippen molar-refractivity contribution in [2.24, 2.45) is 0 Å². The van der Waals surface area contributed by atoms with Crippen LogP contribution in [0.5, 0.6) is 0 Å². The van der Waals surface area contributed by atoms with Crippen molar-refractivity contribution >= 4 is 140 Å². The van der Waals surface area contributed by atoms with Crippen LogP contribution in [0.2, 0.25) is 0 Å². The third-order valence-electron chi connectivity index (χ3n) is 28.4. The molecule has 5 heteroatoms. The number of nitrogens with zero attached hydrogens (tertiary/aromatic N) is 5. The smallest absolute Gasteiger partial charge is 0.145 e. The molecule has 0 N–H and O–H groups in total. The molecular formula is C136H87N5. The Morgan fingerprint density at radius 3 is 0.929 bits per heavy atom. The molecule has 5 nitrogen and oxygen atoms in total. The van der Waals surface area contributed by atoms with E-state index in [4.69, 9.17) is 9.97 Å². The zero-order valence-corrected chi connectivity index (χ0v) is 77.0. The largest absolute Gasteiger partial charge is 0.292 e. The Bertz CT molecular complexity index is 9790. The summed E-state index contributed by atoms with van der Waals surface area (Å²) in [7, 11) is 0. The molecule has 141 heavy (non-hydrogen) atoms. The van der Waals surface area contributed by atoms with Gasteiger partial charge in [-0.3, -0.25) is 19.5 Å². The Kier molecular flexibility index (Phi) is 20.9. The van der Waals surface area contributed by atoms with Crippen LogP contribution in [0, 0.1) is 0 Å². The van der Waals surface area contributed by atoms with Crippen LogP contribution < -0.4 is 0 Å². The van der Waals surface area contributed by atoms with Crippen LogP contribution in [0.25, 0.3) is 269 Å². The number of fused-ring (bicyclic) bond motifs is 13. The number of imidazole rings is 1. The van der Waals surface area contributed by atoms with Gasteiger partial charge in [0.15, 0.2) is 0 Å². The van der Waals surface area contributed by atoms with Crippen LogP contribution in [0.15, 0.2) is 528 Å². The Hall–Kier alpha value is -18.7. The van der Waals surface area contributed by atoms with Gasteiger partial charge in [-0.1, -0.05) is 406 Å². The van der Waals surface area contributed by atoms with Gasteiger partial charge in [0.05, 0.1) is 27.9 Å². The van der Waals surface area contributed by atoms with E-state index >= 15 is 0 Å². The third-order valence-corrected chi connectivity index (χ3v) is 28.4. The molecule has 28 rings (SSSR count). The summed E-state index contributed by atoms with van der Waals surface area (Å²) in [6.45, 7) is 0. The first-order valence-electron chi connectivity index (χ1n) is 48.2. The van der Waals surface area contributed by atoms with Crippen molar-refractivity contribution < 1.29 is 0 Å². The summed E-state index contributed by atoms with van der Waals surface area (Å²) in [5, 5.41) is 28.5. The molecule has 24 aromatic carbocycles. The van der Waals surface area contributed by atoms with Crippen LogP contribution in [0.4, 0.5) is 0 Å². The van der Waals surface area contributed by atoms with Gasteiger partial charge in [0.2, 0.25) is 0 Å². The molecule has 0 unspecified atom stereocenters. The van der Waals surface area contributed by atoms with Crippen LogP contribution >= 0.6 is 0 Å². The Labute approximate surface area is 815 Å². The molecule has 0 saturated heterocycles. The number of para-hydroxylation sites is 4. The zero-order valence-electron chi connectivity index (χ0n) is 77.0. The van der Waals surface area contributed by atoms with Crippen molar-refractivity contribution in [2.45, 2.75) is 0 Å². The second-order valence-electron chi connectivity index (χ2n) is 36.5. The topological polar surface area (TPSA) is 56.5 Å². The number of aromatic nitrogens is 5. The maximum absolute atomic E-state index is 5.25. The van der Waals surface area contributed by atoms with Crippen molar-refractivity contribution in [1.29, 1.82) is 0 Å². The molecule has 0 fully saturated rings. The van der Waals surface area contributed by atoms with Crippen molar-refractivity contribution in [3.05, 3.63) is 528 Å². The lowest BCUT2D eigenvalue weighted by Crippen LogP contribution is -1.98. The highest BCUT2D eigenvalue weighted by Crippen LogP contribution is 2.51. The van der Waals surface area contributed by atoms with E-state index in [0.29, 0.717) is 0 Å². The minimum absolute atomic E-state index is 0.930. The van der Waals surface area contributed by atoms with Gasteiger partial charge in [0.25, 0.3) is 0 Å². The van der Waals surface area contributed by atoms with E-state index in [9.17, 15) is 0 Å². The van der Waals surface area contributed by atoms with E-state index in [0.717, 1.165) is 72.7 Å². The number of hydrogen-bond acceptors (Lipinski definition) is 4. The summed E-state index contributed by atoms with van der Waals surface area (Å²) in [4.78, 5) is 19.2. The minimum Gasteiger partial charge on any atom is -0.292 e. The van der Waals surface area contributed by atoms with Crippen molar-refractivity contribution in [2.75, 3.05) is 0 Å². The van der Waals surface area contributed by atoms with Gasteiger partial charge in [-0.05, 0) is 305 Å². The molecule has 0 bridgehead atoms. The van der Waals surface area contributed by atoms with Gasteiger partial charge < -0.3 is 0 Å². The Balaban J connectivity index is 0.000000109. The molecule has 0 aliphatic rings. The summed E-state index contributed by atoms with van der Waals surface area (Å²) < 4.78 is 2.29. The van der Waals surface area contributed by atoms with Crippen LogP contribution in [0.3, 0.4) is 0 Å². The summed E-state index contributed by atoms with van der Waals surface area (Å²) >= 11 is 0. The first kappa shape index (κ1) is 83.0. The number of pyridine rings is 3. The van der Waals surface area contributed by atoms with E-state index in [1.54, 1.807) is 0 Å². The third kappa shape index (κ3) is 15.2. The molecule has 4 heterocycles. The van der Waals surface area contributed by atoms with E-state index in [1.807, 2.05) is 48.9 Å². The molecule has 0 saturated carbocycles. The van der Waals surface area contributed by atoms with Gasteiger partial charge in [0, 0.05) is 51.9 Å². The van der Waals surface area contributed by atoms with E-state index in [1.165, 1.54) is 196 Å². The van der Waals surface area contributed by atoms with Gasteiger partial charge >= 0.3 is 0 Å². The average molecular weight is 1790 g/mol. The quantitative estimate of drug-likeness (QED) is 0.114. The fourth-order valence-corrected chi connectivity index (χ4v) is 21.7. The van der Waals surface area contributed by atoms with Crippen LogP contribution in [0.1, 0.15) is 0 Å². The SMILES string of the molecule is c1ccc(-c2ccc(-c3c4ccccc4c(-c4ccc(-c5ccccn5)cc4)c4cc(-c5cccc6ccccc56)ccc34)cc2)nc1.c1ccc(-n2c(-c3ccc4c(-c5ccc6ccccc6c5)c5ccccc5c(-c5ccc6ccccc6c5)c4c3)nc3ccccc32)cc1.c1ccc2cc(-c3c4ccccc4c(-c4ccc5ccccc5c4)c4cc(-c5cnc6ccccc6c5)ccc34)ccc2c1. The number of rotatable bonds is 12. The monoisotopic (exact) mass is 1790 g/mol. The molecule has 0 amide bonds. The maximum Gasteiger partial charge on any atom is 0.145 e. The highest BCUT2D eigenvalue weighted by atomic mass is 15.1. The maximum atomic E-state index is 5.25. The summed E-state index contributed by atoms with van der Waals surface area (Å²) in [6.07, 6.45) is 5.70. The first-order valence-corrected chi connectivity index (χ1v) is 48.2. The van der Waals surface area contributed by atoms with Crippen LogP contribution in [-0.2, 0) is 0 Å². The van der Waals surface area contributed by atoms with Crippen molar-refractivity contribution in [3.63, 3.8) is 0 Å². The second-order valence-corrected chi connectivity index (χ2v) is 36.5. The molecule has 4 aromatic heterocycles. The first-order chi connectivity index (χ1) is 69.9.